The number of halogens is 1. The lowest BCUT2D eigenvalue weighted by atomic mass is 9.90. The van der Waals surface area contributed by atoms with Crippen LogP contribution in [0.1, 0.15) is 18.4 Å². The minimum absolute atomic E-state index is 0.0572. The van der Waals surface area contributed by atoms with Crippen LogP contribution in [0.4, 0.5) is 4.39 Å². The maximum absolute atomic E-state index is 12.9. The van der Waals surface area contributed by atoms with Crippen molar-refractivity contribution in [1.29, 1.82) is 0 Å². The average Bonchev–Trinajstić information content (AvgIpc) is 2.68. The molecule has 7 heteroatoms. The monoisotopic (exact) mass is 390 g/mol. The summed E-state index contributed by atoms with van der Waals surface area (Å²) in [5, 5.41) is 0. The second-order valence-electron chi connectivity index (χ2n) is 6.79. The third-order valence-electron chi connectivity index (χ3n) is 4.87. The first-order valence-electron chi connectivity index (χ1n) is 9.01. The van der Waals surface area contributed by atoms with Crippen molar-refractivity contribution in [3.05, 3.63) is 66.0 Å². The van der Waals surface area contributed by atoms with Crippen molar-refractivity contribution in [2.45, 2.75) is 24.2 Å². The Morgan fingerprint density at radius 1 is 1.04 bits per heavy atom. The van der Waals surface area contributed by atoms with Crippen LogP contribution in [0.2, 0.25) is 0 Å². The standard InChI is InChI=1S/C20H23FN2O3S/c21-18-6-8-19(9-7-18)27(25,26)22-15-20(24)23-12-10-17(11-13-23)14-16-4-2-1-3-5-16/h1-9,17,22H,10-15H2. The van der Waals surface area contributed by atoms with Gasteiger partial charge >= 0.3 is 0 Å². The Morgan fingerprint density at radius 2 is 1.67 bits per heavy atom. The molecular formula is C20H23FN2O3S. The number of likely N-dealkylation sites (tertiary alicyclic amines) is 1. The molecular weight excluding hydrogens is 367 g/mol. The predicted molar refractivity (Wildman–Crippen MR) is 101 cm³/mol. The fourth-order valence-electron chi connectivity index (χ4n) is 3.30. The Labute approximate surface area is 159 Å². The van der Waals surface area contributed by atoms with Gasteiger partial charge in [0.05, 0.1) is 11.4 Å². The van der Waals surface area contributed by atoms with Crippen LogP contribution in [0.3, 0.4) is 0 Å². The van der Waals surface area contributed by atoms with Crippen molar-refractivity contribution in [3.8, 4) is 0 Å². The van der Waals surface area contributed by atoms with Crippen LogP contribution < -0.4 is 4.72 Å². The Kier molecular flexibility index (Phi) is 6.23. The van der Waals surface area contributed by atoms with E-state index in [4.69, 9.17) is 0 Å². The normalized spacial score (nSPS) is 15.7. The average molecular weight is 390 g/mol. The van der Waals surface area contributed by atoms with E-state index in [1.54, 1.807) is 4.90 Å². The van der Waals surface area contributed by atoms with Gasteiger partial charge in [-0.15, -0.1) is 0 Å². The molecule has 1 saturated heterocycles. The largest absolute Gasteiger partial charge is 0.342 e. The van der Waals surface area contributed by atoms with Gasteiger partial charge in [-0.1, -0.05) is 30.3 Å². The summed E-state index contributed by atoms with van der Waals surface area (Å²) >= 11 is 0. The molecule has 1 heterocycles. The Morgan fingerprint density at radius 3 is 2.30 bits per heavy atom. The number of sulfonamides is 1. The van der Waals surface area contributed by atoms with E-state index in [0.717, 1.165) is 31.4 Å². The number of hydrogen-bond acceptors (Lipinski definition) is 3. The molecule has 2 aromatic rings. The third-order valence-corrected chi connectivity index (χ3v) is 6.29. The van der Waals surface area contributed by atoms with Gasteiger partial charge in [-0.3, -0.25) is 4.79 Å². The molecule has 0 bridgehead atoms. The maximum Gasteiger partial charge on any atom is 0.241 e. The molecule has 27 heavy (non-hydrogen) atoms. The smallest absolute Gasteiger partial charge is 0.241 e. The highest BCUT2D eigenvalue weighted by molar-refractivity contribution is 7.89. The second-order valence-corrected chi connectivity index (χ2v) is 8.56. The molecule has 0 aromatic heterocycles. The van der Waals surface area contributed by atoms with E-state index in [0.29, 0.717) is 19.0 Å². The number of amides is 1. The summed E-state index contributed by atoms with van der Waals surface area (Å²) in [5.74, 6) is -0.213. The Bertz CT molecular complexity index is 862. The zero-order chi connectivity index (χ0) is 19.3. The zero-order valence-corrected chi connectivity index (χ0v) is 15.8. The second kappa shape index (κ2) is 8.63. The first-order chi connectivity index (χ1) is 12.9. The van der Waals surface area contributed by atoms with Crippen LogP contribution in [-0.2, 0) is 21.2 Å². The van der Waals surface area contributed by atoms with Crippen molar-refractivity contribution in [2.75, 3.05) is 19.6 Å². The quantitative estimate of drug-likeness (QED) is 0.824. The number of rotatable bonds is 6. The summed E-state index contributed by atoms with van der Waals surface area (Å²) in [7, 11) is -3.83. The van der Waals surface area contributed by atoms with Gasteiger partial charge in [0, 0.05) is 13.1 Å². The van der Waals surface area contributed by atoms with E-state index in [2.05, 4.69) is 16.9 Å². The van der Waals surface area contributed by atoms with Crippen LogP contribution >= 0.6 is 0 Å². The molecule has 1 aliphatic heterocycles. The number of benzene rings is 2. The van der Waals surface area contributed by atoms with Gasteiger partial charge in [-0.05, 0) is 55.0 Å². The van der Waals surface area contributed by atoms with Gasteiger partial charge < -0.3 is 4.90 Å². The minimum Gasteiger partial charge on any atom is -0.342 e. The molecule has 0 atom stereocenters. The summed E-state index contributed by atoms with van der Waals surface area (Å²) < 4.78 is 39.6. The van der Waals surface area contributed by atoms with Gasteiger partial charge in [0.15, 0.2) is 0 Å². The minimum atomic E-state index is -3.83. The topological polar surface area (TPSA) is 66.5 Å². The Balaban J connectivity index is 1.47. The van der Waals surface area contributed by atoms with Gasteiger partial charge in [-0.2, -0.15) is 0 Å². The van der Waals surface area contributed by atoms with E-state index in [1.165, 1.54) is 17.7 Å². The third kappa shape index (κ3) is 5.37. The van der Waals surface area contributed by atoms with Gasteiger partial charge in [-0.25, -0.2) is 17.5 Å². The lowest BCUT2D eigenvalue weighted by Crippen LogP contribution is -2.44. The van der Waals surface area contributed by atoms with Gasteiger partial charge in [0.2, 0.25) is 15.9 Å². The van der Waals surface area contributed by atoms with Crippen LogP contribution in [0.5, 0.6) is 0 Å². The van der Waals surface area contributed by atoms with E-state index < -0.39 is 15.8 Å². The fourth-order valence-corrected chi connectivity index (χ4v) is 4.27. The number of nitrogens with one attached hydrogen (secondary N) is 1. The molecule has 0 aliphatic carbocycles. The van der Waals surface area contributed by atoms with Gasteiger partial charge in [0.25, 0.3) is 0 Å². The zero-order valence-electron chi connectivity index (χ0n) is 15.0. The lowest BCUT2D eigenvalue weighted by molar-refractivity contribution is -0.131. The highest BCUT2D eigenvalue weighted by Crippen LogP contribution is 2.21. The van der Waals surface area contributed by atoms with Crippen LogP contribution in [-0.4, -0.2) is 38.9 Å². The first-order valence-corrected chi connectivity index (χ1v) is 10.5. The molecule has 1 N–H and O–H groups in total. The Hall–Kier alpha value is -2.25. The highest BCUT2D eigenvalue weighted by Gasteiger charge is 2.24. The number of carbonyl (C=O) groups excluding carboxylic acids is 1. The summed E-state index contributed by atoms with van der Waals surface area (Å²) in [6.07, 6.45) is 2.82. The molecule has 144 valence electrons. The maximum atomic E-state index is 12.9. The molecule has 1 amide bonds. The van der Waals surface area contributed by atoms with E-state index in [9.17, 15) is 17.6 Å². The molecule has 2 aromatic carbocycles. The van der Waals surface area contributed by atoms with Crippen molar-refractivity contribution in [1.82, 2.24) is 9.62 Å². The van der Waals surface area contributed by atoms with Crippen LogP contribution in [0.25, 0.3) is 0 Å². The molecule has 5 nitrogen and oxygen atoms in total. The van der Waals surface area contributed by atoms with Gasteiger partial charge in [0.1, 0.15) is 5.82 Å². The number of nitrogens with zero attached hydrogens (tertiary/aromatic N) is 1. The number of carbonyl (C=O) groups is 1. The summed E-state index contributed by atoms with van der Waals surface area (Å²) in [6, 6.07) is 14.8. The molecule has 0 radical (unpaired) electrons. The molecule has 1 fully saturated rings. The fraction of sp³-hybridized carbons (Fsp3) is 0.350. The first kappa shape index (κ1) is 19.5. The summed E-state index contributed by atoms with van der Waals surface area (Å²) in [4.78, 5) is 14.0. The van der Waals surface area contributed by atoms with E-state index in [-0.39, 0.29) is 17.3 Å². The van der Waals surface area contributed by atoms with Crippen molar-refractivity contribution >= 4 is 15.9 Å². The molecule has 3 rings (SSSR count). The van der Waals surface area contributed by atoms with Crippen LogP contribution in [0.15, 0.2) is 59.5 Å². The SMILES string of the molecule is O=C(CNS(=O)(=O)c1ccc(F)cc1)N1CCC(Cc2ccccc2)CC1. The van der Waals surface area contributed by atoms with E-state index >= 15 is 0 Å². The lowest BCUT2D eigenvalue weighted by Gasteiger charge is -2.32. The summed E-state index contributed by atoms with van der Waals surface area (Å²) in [5.41, 5.74) is 1.30. The molecule has 0 unspecified atom stereocenters. The van der Waals surface area contributed by atoms with Crippen molar-refractivity contribution < 1.29 is 17.6 Å². The number of hydrogen-bond donors (Lipinski definition) is 1. The highest BCUT2D eigenvalue weighted by atomic mass is 32.2. The van der Waals surface area contributed by atoms with Crippen molar-refractivity contribution in [3.63, 3.8) is 0 Å². The summed E-state index contributed by atoms with van der Waals surface area (Å²) in [6.45, 7) is 0.978. The predicted octanol–water partition coefficient (Wildman–Crippen LogP) is 2.59. The van der Waals surface area contributed by atoms with Crippen LogP contribution in [0, 0.1) is 11.7 Å². The molecule has 1 aliphatic rings. The van der Waals surface area contributed by atoms with Crippen molar-refractivity contribution in [2.24, 2.45) is 5.92 Å². The number of piperidine rings is 1. The molecule has 0 saturated carbocycles. The molecule has 0 spiro atoms. The van der Waals surface area contributed by atoms with E-state index in [1.807, 2.05) is 18.2 Å².